The van der Waals surface area contributed by atoms with Crippen molar-refractivity contribution in [2.75, 3.05) is 6.61 Å². The van der Waals surface area contributed by atoms with Crippen molar-refractivity contribution in [2.24, 2.45) is 0 Å². The van der Waals surface area contributed by atoms with Crippen LogP contribution in [0.2, 0.25) is 0 Å². The Balaban J connectivity index is 2.09. The van der Waals surface area contributed by atoms with Gasteiger partial charge in [-0.2, -0.15) is 5.10 Å². The van der Waals surface area contributed by atoms with Crippen LogP contribution in [0.3, 0.4) is 0 Å². The molecule has 0 saturated heterocycles. The van der Waals surface area contributed by atoms with Crippen LogP contribution in [0.4, 0.5) is 4.39 Å². The highest BCUT2D eigenvalue weighted by atomic mass is 127. The van der Waals surface area contributed by atoms with Gasteiger partial charge in [0.1, 0.15) is 9.52 Å². The van der Waals surface area contributed by atoms with Crippen molar-refractivity contribution in [2.45, 2.75) is 25.9 Å². The second kappa shape index (κ2) is 5.20. The van der Waals surface area contributed by atoms with Gasteiger partial charge >= 0.3 is 0 Å². The summed E-state index contributed by atoms with van der Waals surface area (Å²) in [5, 5.41) is 4.59. The lowest BCUT2D eigenvalue weighted by atomic mass is 10.1. The second-order valence-electron chi connectivity index (χ2n) is 4.74. The maximum Gasteiger partial charge on any atom is 0.127 e. The first-order valence-electron chi connectivity index (χ1n) is 6.29. The lowest BCUT2D eigenvalue weighted by molar-refractivity contribution is 0.0734. The van der Waals surface area contributed by atoms with Crippen molar-refractivity contribution in [3.63, 3.8) is 0 Å². The summed E-state index contributed by atoms with van der Waals surface area (Å²) < 4.78 is 21.7. The molecule has 0 radical (unpaired) electrons. The zero-order valence-corrected chi connectivity index (χ0v) is 12.7. The molecule has 1 aromatic carbocycles. The Hall–Kier alpha value is -0.950. The molecule has 2 aromatic rings. The summed E-state index contributed by atoms with van der Waals surface area (Å²) in [4.78, 5) is 0. The van der Waals surface area contributed by atoms with E-state index < -0.39 is 0 Å². The Morgan fingerprint density at radius 1 is 1.37 bits per heavy atom. The largest absolute Gasteiger partial charge is 0.378 e. The van der Waals surface area contributed by atoms with E-state index in [2.05, 4.69) is 34.6 Å². The van der Waals surface area contributed by atoms with Crippen molar-refractivity contribution in [1.82, 2.24) is 9.78 Å². The molecule has 1 aliphatic rings. The van der Waals surface area contributed by atoms with E-state index in [1.54, 1.807) is 12.1 Å². The molecule has 0 N–H and O–H groups in total. The van der Waals surface area contributed by atoms with Gasteiger partial charge in [-0.1, -0.05) is 0 Å². The number of benzene rings is 1. The summed E-state index contributed by atoms with van der Waals surface area (Å²) in [6.45, 7) is 2.81. The van der Waals surface area contributed by atoms with E-state index in [0.29, 0.717) is 0 Å². The molecule has 0 unspecified atom stereocenters. The zero-order chi connectivity index (χ0) is 13.4. The predicted octanol–water partition coefficient (Wildman–Crippen LogP) is 3.12. The number of hydrogen-bond donors (Lipinski definition) is 0. The van der Waals surface area contributed by atoms with Crippen molar-refractivity contribution in [3.05, 3.63) is 45.0 Å². The molecular formula is C14H14FIN2O. The van der Waals surface area contributed by atoms with E-state index in [1.807, 2.05) is 4.68 Å². The van der Waals surface area contributed by atoms with Gasteiger partial charge in [-0.05, 0) is 53.8 Å². The maximum absolute atomic E-state index is 13.0. The minimum atomic E-state index is -0.228. The normalized spacial score (nSPS) is 19.0. The van der Waals surface area contributed by atoms with Crippen LogP contribution in [0.1, 0.15) is 18.2 Å². The smallest absolute Gasteiger partial charge is 0.127 e. The predicted molar refractivity (Wildman–Crippen MR) is 79.1 cm³/mol. The fraction of sp³-hybridized carbons (Fsp3) is 0.357. The molecule has 100 valence electrons. The highest BCUT2D eigenvalue weighted by Gasteiger charge is 2.22. The monoisotopic (exact) mass is 372 g/mol. The molecule has 1 atom stereocenters. The fourth-order valence-electron chi connectivity index (χ4n) is 2.40. The van der Waals surface area contributed by atoms with Gasteiger partial charge in [0.2, 0.25) is 0 Å². The van der Waals surface area contributed by atoms with Crippen LogP contribution in [0.25, 0.3) is 5.69 Å². The fourth-order valence-corrected chi connectivity index (χ4v) is 3.20. The molecular weight excluding hydrogens is 358 g/mol. The molecule has 0 saturated carbocycles. The number of nitrogens with zero attached hydrogens (tertiary/aromatic N) is 2. The standard InChI is InChI=1S/C14H14FIN2O/c1-9-8-13-12(6-7-19-9)14(16)17-18(13)11-4-2-10(15)3-5-11/h2-5,9H,6-8H2,1H3/t9-/m1/s1. The number of hydrogen-bond acceptors (Lipinski definition) is 2. The molecule has 3 nitrogen and oxygen atoms in total. The Kier molecular flexibility index (Phi) is 3.58. The van der Waals surface area contributed by atoms with E-state index in [0.717, 1.165) is 28.8 Å². The van der Waals surface area contributed by atoms with Crippen molar-refractivity contribution in [3.8, 4) is 5.69 Å². The Labute approximate surface area is 124 Å². The minimum absolute atomic E-state index is 0.188. The number of rotatable bonds is 1. The molecule has 0 aliphatic carbocycles. The zero-order valence-electron chi connectivity index (χ0n) is 10.6. The van der Waals surface area contributed by atoms with Crippen LogP contribution in [0.15, 0.2) is 24.3 Å². The number of fused-ring (bicyclic) bond motifs is 1. The van der Waals surface area contributed by atoms with Gasteiger partial charge in [-0.15, -0.1) is 0 Å². The van der Waals surface area contributed by atoms with Gasteiger partial charge < -0.3 is 4.74 Å². The lowest BCUT2D eigenvalue weighted by Gasteiger charge is -2.11. The Morgan fingerprint density at radius 3 is 2.84 bits per heavy atom. The van der Waals surface area contributed by atoms with Gasteiger partial charge in [-0.25, -0.2) is 9.07 Å². The van der Waals surface area contributed by atoms with Crippen molar-refractivity contribution >= 4 is 22.6 Å². The average Bonchev–Trinajstić information content (AvgIpc) is 2.58. The molecule has 2 heterocycles. The molecule has 19 heavy (non-hydrogen) atoms. The minimum Gasteiger partial charge on any atom is -0.378 e. The summed E-state index contributed by atoms with van der Waals surface area (Å²) in [7, 11) is 0. The first-order chi connectivity index (χ1) is 9.15. The van der Waals surface area contributed by atoms with Crippen molar-refractivity contribution in [1.29, 1.82) is 0 Å². The van der Waals surface area contributed by atoms with E-state index in [1.165, 1.54) is 23.4 Å². The third-order valence-corrected chi connectivity index (χ3v) is 4.21. The number of aromatic nitrogens is 2. The Bertz CT molecular complexity index is 594. The topological polar surface area (TPSA) is 27.1 Å². The summed E-state index contributed by atoms with van der Waals surface area (Å²) >= 11 is 2.26. The van der Waals surface area contributed by atoms with Gasteiger partial charge in [-0.3, -0.25) is 0 Å². The van der Waals surface area contributed by atoms with Crippen LogP contribution in [0, 0.1) is 9.52 Å². The summed E-state index contributed by atoms with van der Waals surface area (Å²) in [6.07, 6.45) is 1.91. The van der Waals surface area contributed by atoms with Gasteiger partial charge in [0.15, 0.2) is 0 Å². The molecule has 1 aliphatic heterocycles. The molecule has 5 heteroatoms. The van der Waals surface area contributed by atoms with Crippen LogP contribution < -0.4 is 0 Å². The van der Waals surface area contributed by atoms with E-state index in [4.69, 9.17) is 4.74 Å². The third kappa shape index (κ3) is 2.53. The Morgan fingerprint density at radius 2 is 2.11 bits per heavy atom. The number of ether oxygens (including phenoxy) is 1. The molecule has 0 amide bonds. The van der Waals surface area contributed by atoms with Crippen LogP contribution in [0.5, 0.6) is 0 Å². The highest BCUT2D eigenvalue weighted by Crippen LogP contribution is 2.25. The van der Waals surface area contributed by atoms with E-state index >= 15 is 0 Å². The van der Waals surface area contributed by atoms with Crippen LogP contribution in [-0.4, -0.2) is 22.5 Å². The summed E-state index contributed by atoms with van der Waals surface area (Å²) in [6, 6.07) is 6.45. The quantitative estimate of drug-likeness (QED) is 0.720. The van der Waals surface area contributed by atoms with Gasteiger partial charge in [0, 0.05) is 18.4 Å². The lowest BCUT2D eigenvalue weighted by Crippen LogP contribution is -2.13. The van der Waals surface area contributed by atoms with Crippen LogP contribution >= 0.6 is 22.6 Å². The van der Waals surface area contributed by atoms with Crippen molar-refractivity contribution < 1.29 is 9.13 Å². The van der Waals surface area contributed by atoms with E-state index in [-0.39, 0.29) is 11.9 Å². The SMILES string of the molecule is C[C@@H]1Cc2c(c(I)nn2-c2ccc(F)cc2)CCO1. The highest BCUT2D eigenvalue weighted by molar-refractivity contribution is 14.1. The first-order valence-corrected chi connectivity index (χ1v) is 7.37. The molecule has 0 fully saturated rings. The third-order valence-electron chi connectivity index (χ3n) is 3.35. The summed E-state index contributed by atoms with van der Waals surface area (Å²) in [5.41, 5.74) is 3.34. The number of halogens is 2. The van der Waals surface area contributed by atoms with Gasteiger partial charge in [0.05, 0.1) is 24.1 Å². The van der Waals surface area contributed by atoms with E-state index in [9.17, 15) is 4.39 Å². The molecule has 0 bridgehead atoms. The molecule has 3 rings (SSSR count). The second-order valence-corrected chi connectivity index (χ2v) is 5.76. The molecule has 0 spiro atoms. The maximum atomic E-state index is 13.0. The average molecular weight is 372 g/mol. The van der Waals surface area contributed by atoms with Crippen LogP contribution in [-0.2, 0) is 17.6 Å². The van der Waals surface area contributed by atoms with Gasteiger partial charge in [0.25, 0.3) is 0 Å². The first kappa shape index (κ1) is 13.1. The summed E-state index contributed by atoms with van der Waals surface area (Å²) in [5.74, 6) is -0.228. The molecule has 1 aromatic heterocycles.